The van der Waals surface area contributed by atoms with Gasteiger partial charge in [-0.1, -0.05) is 12.1 Å². The van der Waals surface area contributed by atoms with Gasteiger partial charge in [-0.3, -0.25) is 9.71 Å². The van der Waals surface area contributed by atoms with Crippen molar-refractivity contribution in [2.45, 2.75) is 11.4 Å². The van der Waals surface area contributed by atoms with Gasteiger partial charge < -0.3 is 5.32 Å². The van der Waals surface area contributed by atoms with Gasteiger partial charge in [0.05, 0.1) is 0 Å². The number of rotatable bonds is 5. The molecule has 1 aromatic carbocycles. The van der Waals surface area contributed by atoms with Gasteiger partial charge in [-0.05, 0) is 36.9 Å². The van der Waals surface area contributed by atoms with Gasteiger partial charge in [0, 0.05) is 24.6 Å². The maximum absolute atomic E-state index is 12.1. The molecule has 1 heterocycles. The van der Waals surface area contributed by atoms with Gasteiger partial charge in [-0.15, -0.1) is 0 Å². The zero-order chi connectivity index (χ0) is 13.7. The molecule has 0 fully saturated rings. The van der Waals surface area contributed by atoms with Gasteiger partial charge in [0.25, 0.3) is 10.0 Å². The van der Waals surface area contributed by atoms with Crippen LogP contribution in [0.3, 0.4) is 0 Å². The highest BCUT2D eigenvalue weighted by Crippen LogP contribution is 2.16. The third-order valence-electron chi connectivity index (χ3n) is 2.50. The van der Waals surface area contributed by atoms with Crippen molar-refractivity contribution in [3.05, 3.63) is 54.4 Å². The van der Waals surface area contributed by atoms with Crippen molar-refractivity contribution in [2.24, 2.45) is 0 Å². The van der Waals surface area contributed by atoms with E-state index in [0.29, 0.717) is 12.2 Å². The Balaban J connectivity index is 2.23. The molecule has 100 valence electrons. The highest BCUT2D eigenvalue weighted by Gasteiger charge is 2.13. The minimum Gasteiger partial charge on any atom is -0.316 e. The lowest BCUT2D eigenvalue weighted by molar-refractivity contribution is 0.601. The molecule has 2 rings (SSSR count). The van der Waals surface area contributed by atoms with E-state index in [2.05, 4.69) is 15.0 Å². The first-order chi connectivity index (χ1) is 9.12. The highest BCUT2D eigenvalue weighted by atomic mass is 32.2. The van der Waals surface area contributed by atoms with Crippen LogP contribution < -0.4 is 10.0 Å². The number of hydrogen-bond acceptors (Lipinski definition) is 4. The molecule has 2 N–H and O–H groups in total. The van der Waals surface area contributed by atoms with E-state index in [-0.39, 0.29) is 4.90 Å². The molecule has 0 bridgehead atoms. The predicted octanol–water partition coefficient (Wildman–Crippen LogP) is 1.60. The van der Waals surface area contributed by atoms with E-state index in [1.807, 2.05) is 19.2 Å². The molecule has 0 aliphatic carbocycles. The minimum absolute atomic E-state index is 0.147. The Bertz CT molecular complexity index is 642. The molecule has 0 unspecified atom stereocenters. The van der Waals surface area contributed by atoms with E-state index in [1.54, 1.807) is 18.2 Å². The first-order valence-electron chi connectivity index (χ1n) is 5.78. The van der Waals surface area contributed by atoms with Crippen LogP contribution in [0.15, 0.2) is 53.7 Å². The molecule has 0 atom stereocenters. The Morgan fingerprint density at radius 2 is 2.05 bits per heavy atom. The Morgan fingerprint density at radius 3 is 2.74 bits per heavy atom. The number of pyridine rings is 1. The summed E-state index contributed by atoms with van der Waals surface area (Å²) in [5.74, 6) is 0. The number of anilines is 1. The third-order valence-corrected chi connectivity index (χ3v) is 3.87. The monoisotopic (exact) mass is 277 g/mol. The average molecular weight is 277 g/mol. The fraction of sp³-hybridized carbons (Fsp3) is 0.154. The van der Waals surface area contributed by atoms with Crippen LogP contribution in [0.5, 0.6) is 0 Å². The van der Waals surface area contributed by atoms with Crippen LogP contribution in [0.2, 0.25) is 0 Å². The van der Waals surface area contributed by atoms with Crippen molar-refractivity contribution >= 4 is 15.7 Å². The van der Waals surface area contributed by atoms with Gasteiger partial charge >= 0.3 is 0 Å². The van der Waals surface area contributed by atoms with Crippen molar-refractivity contribution in [3.8, 4) is 0 Å². The SMILES string of the molecule is CNCc1cccc(NS(=O)(=O)c2cccnc2)c1. The maximum Gasteiger partial charge on any atom is 0.263 e. The summed E-state index contributed by atoms with van der Waals surface area (Å²) in [6.07, 6.45) is 2.85. The summed E-state index contributed by atoms with van der Waals surface area (Å²) in [6, 6.07) is 10.3. The molecule has 0 amide bonds. The van der Waals surface area contributed by atoms with E-state index in [0.717, 1.165) is 5.56 Å². The van der Waals surface area contributed by atoms with E-state index in [4.69, 9.17) is 0 Å². The van der Waals surface area contributed by atoms with Crippen molar-refractivity contribution in [1.29, 1.82) is 0 Å². The van der Waals surface area contributed by atoms with Crippen LogP contribution in [0.25, 0.3) is 0 Å². The second kappa shape index (κ2) is 5.81. The summed E-state index contributed by atoms with van der Waals surface area (Å²) in [5.41, 5.74) is 1.55. The zero-order valence-electron chi connectivity index (χ0n) is 10.5. The molecular weight excluding hydrogens is 262 g/mol. The number of aromatic nitrogens is 1. The fourth-order valence-electron chi connectivity index (χ4n) is 1.67. The van der Waals surface area contributed by atoms with Gasteiger partial charge in [-0.25, -0.2) is 8.42 Å². The smallest absolute Gasteiger partial charge is 0.263 e. The summed E-state index contributed by atoms with van der Waals surface area (Å²) in [4.78, 5) is 3.96. The number of nitrogens with zero attached hydrogens (tertiary/aromatic N) is 1. The van der Waals surface area contributed by atoms with Gasteiger partial charge in [0.15, 0.2) is 0 Å². The van der Waals surface area contributed by atoms with Crippen LogP contribution in [-0.2, 0) is 16.6 Å². The fourth-order valence-corrected chi connectivity index (χ4v) is 2.68. The molecule has 19 heavy (non-hydrogen) atoms. The number of hydrogen-bond donors (Lipinski definition) is 2. The number of sulfonamides is 1. The van der Waals surface area contributed by atoms with Crippen LogP contribution in [-0.4, -0.2) is 20.4 Å². The summed E-state index contributed by atoms with van der Waals surface area (Å²) < 4.78 is 26.7. The molecule has 0 aliphatic rings. The second-order valence-corrected chi connectivity index (χ2v) is 5.71. The van der Waals surface area contributed by atoms with Crippen molar-refractivity contribution in [2.75, 3.05) is 11.8 Å². The van der Waals surface area contributed by atoms with Crippen molar-refractivity contribution in [1.82, 2.24) is 10.3 Å². The van der Waals surface area contributed by atoms with Gasteiger partial charge in [0.1, 0.15) is 4.90 Å². The normalized spacial score (nSPS) is 11.2. The standard InChI is InChI=1S/C13H15N3O2S/c1-14-9-11-4-2-5-12(8-11)16-19(17,18)13-6-3-7-15-10-13/h2-8,10,14,16H,9H2,1H3. The minimum atomic E-state index is -3.58. The number of nitrogens with one attached hydrogen (secondary N) is 2. The number of benzene rings is 1. The first kappa shape index (κ1) is 13.5. The quantitative estimate of drug-likeness (QED) is 0.871. The van der Waals surface area contributed by atoms with E-state index >= 15 is 0 Å². The Kier molecular flexibility index (Phi) is 4.13. The molecule has 5 nitrogen and oxygen atoms in total. The van der Waals surface area contributed by atoms with Crippen molar-refractivity contribution in [3.63, 3.8) is 0 Å². The molecule has 2 aromatic rings. The topological polar surface area (TPSA) is 71.1 Å². The van der Waals surface area contributed by atoms with Crippen LogP contribution in [0.4, 0.5) is 5.69 Å². The van der Waals surface area contributed by atoms with Crippen molar-refractivity contribution < 1.29 is 8.42 Å². The second-order valence-electron chi connectivity index (χ2n) is 4.02. The summed E-state index contributed by atoms with van der Waals surface area (Å²) in [5, 5.41) is 3.02. The largest absolute Gasteiger partial charge is 0.316 e. The molecule has 0 spiro atoms. The molecular formula is C13H15N3O2S. The Labute approximate surface area is 112 Å². The molecule has 0 radical (unpaired) electrons. The summed E-state index contributed by atoms with van der Waals surface area (Å²) >= 11 is 0. The third kappa shape index (κ3) is 3.52. The maximum atomic E-state index is 12.1. The first-order valence-corrected chi connectivity index (χ1v) is 7.26. The predicted molar refractivity (Wildman–Crippen MR) is 74.3 cm³/mol. The lowest BCUT2D eigenvalue weighted by Gasteiger charge is -2.09. The molecule has 0 saturated carbocycles. The van der Waals surface area contributed by atoms with Gasteiger partial charge in [-0.2, -0.15) is 0 Å². The van der Waals surface area contributed by atoms with Crippen LogP contribution in [0.1, 0.15) is 5.56 Å². The Hall–Kier alpha value is -1.92. The van der Waals surface area contributed by atoms with Gasteiger partial charge in [0.2, 0.25) is 0 Å². The lowest BCUT2D eigenvalue weighted by atomic mass is 10.2. The summed E-state index contributed by atoms with van der Waals surface area (Å²) in [7, 11) is -1.74. The highest BCUT2D eigenvalue weighted by molar-refractivity contribution is 7.92. The lowest BCUT2D eigenvalue weighted by Crippen LogP contribution is -2.13. The van der Waals surface area contributed by atoms with Crippen LogP contribution in [0, 0.1) is 0 Å². The Morgan fingerprint density at radius 1 is 1.21 bits per heavy atom. The van der Waals surface area contributed by atoms with E-state index < -0.39 is 10.0 Å². The summed E-state index contributed by atoms with van der Waals surface area (Å²) in [6.45, 7) is 0.683. The zero-order valence-corrected chi connectivity index (χ0v) is 11.3. The molecule has 6 heteroatoms. The molecule has 1 aromatic heterocycles. The van der Waals surface area contributed by atoms with E-state index in [1.165, 1.54) is 18.5 Å². The van der Waals surface area contributed by atoms with Crippen LogP contribution >= 0.6 is 0 Å². The molecule has 0 saturated heterocycles. The van der Waals surface area contributed by atoms with E-state index in [9.17, 15) is 8.42 Å². The molecule has 0 aliphatic heterocycles. The average Bonchev–Trinajstić information content (AvgIpc) is 2.40.